The van der Waals surface area contributed by atoms with Crippen LogP contribution in [0, 0.1) is 5.92 Å². The number of nitrogens with one attached hydrogen (secondary N) is 1. The minimum absolute atomic E-state index is 0.0311. The van der Waals surface area contributed by atoms with Crippen LogP contribution in [0.4, 0.5) is 0 Å². The van der Waals surface area contributed by atoms with Gasteiger partial charge in [-0.3, -0.25) is 19.2 Å². The lowest BCUT2D eigenvalue weighted by atomic mass is 9.75. The average molecular weight is 455 g/mol. The summed E-state index contributed by atoms with van der Waals surface area (Å²) in [6.07, 6.45) is -0.464. The number of benzene rings is 2. The molecule has 2 aromatic carbocycles. The van der Waals surface area contributed by atoms with Crippen LogP contribution in [0.3, 0.4) is 0 Å². The van der Waals surface area contributed by atoms with Gasteiger partial charge in [-0.25, -0.2) is 0 Å². The summed E-state index contributed by atoms with van der Waals surface area (Å²) in [7, 11) is 0. The molecule has 0 spiro atoms. The van der Waals surface area contributed by atoms with Crippen molar-refractivity contribution < 1.29 is 28.7 Å². The van der Waals surface area contributed by atoms with E-state index in [1.54, 1.807) is 69.3 Å². The van der Waals surface area contributed by atoms with Gasteiger partial charge in [0, 0.05) is 0 Å². The van der Waals surface area contributed by atoms with Crippen molar-refractivity contribution in [2.75, 3.05) is 13.2 Å². The average Bonchev–Trinajstić information content (AvgIpc) is 2.81. The number of carbonyl (C=O) groups excluding carboxylic acids is 4. The molecule has 3 N–H and O–H groups in total. The molecule has 0 radical (unpaired) electrons. The Bertz CT molecular complexity index is 922. The monoisotopic (exact) mass is 454 g/mol. The minimum atomic E-state index is -1.48. The number of hydrogen-bond donors (Lipinski definition) is 2. The molecule has 8 nitrogen and oxygen atoms in total. The largest absolute Gasteiger partial charge is 0.466 e. The van der Waals surface area contributed by atoms with E-state index in [0.29, 0.717) is 11.1 Å². The van der Waals surface area contributed by atoms with Crippen LogP contribution in [0.5, 0.6) is 0 Å². The van der Waals surface area contributed by atoms with Gasteiger partial charge in [0.25, 0.3) is 0 Å². The molecule has 0 bridgehead atoms. The van der Waals surface area contributed by atoms with Crippen molar-refractivity contribution in [3.8, 4) is 0 Å². The van der Waals surface area contributed by atoms with Gasteiger partial charge < -0.3 is 20.5 Å². The SMILES string of the molecule is CCOC(=O)C[C@@H](C(=O)OCC)[C@H](NC(=O)C(C)(c1ccccc1)c1ccccc1)C(N)=O. The molecule has 176 valence electrons. The maximum atomic E-state index is 13.7. The number of hydrogen-bond acceptors (Lipinski definition) is 6. The van der Waals surface area contributed by atoms with Crippen LogP contribution >= 0.6 is 0 Å². The van der Waals surface area contributed by atoms with E-state index >= 15 is 0 Å². The fourth-order valence-electron chi connectivity index (χ4n) is 3.61. The molecule has 2 amide bonds. The second-order valence-electron chi connectivity index (χ2n) is 7.58. The summed E-state index contributed by atoms with van der Waals surface area (Å²) in [5, 5.41) is 2.62. The summed E-state index contributed by atoms with van der Waals surface area (Å²) in [6, 6.07) is 16.6. The predicted molar refractivity (Wildman–Crippen MR) is 122 cm³/mol. The van der Waals surface area contributed by atoms with Crippen LogP contribution in [0.25, 0.3) is 0 Å². The Morgan fingerprint density at radius 2 is 1.36 bits per heavy atom. The van der Waals surface area contributed by atoms with Crippen molar-refractivity contribution in [3.05, 3.63) is 71.8 Å². The van der Waals surface area contributed by atoms with E-state index in [0.717, 1.165) is 0 Å². The number of carbonyl (C=O) groups is 4. The van der Waals surface area contributed by atoms with Gasteiger partial charge in [-0.05, 0) is 31.9 Å². The number of esters is 2. The number of primary amides is 1. The van der Waals surface area contributed by atoms with E-state index in [-0.39, 0.29) is 13.2 Å². The van der Waals surface area contributed by atoms with Crippen LogP contribution in [-0.4, -0.2) is 43.0 Å². The molecular weight excluding hydrogens is 424 g/mol. The van der Waals surface area contributed by atoms with Crippen molar-refractivity contribution in [1.82, 2.24) is 5.32 Å². The zero-order chi connectivity index (χ0) is 24.4. The van der Waals surface area contributed by atoms with Gasteiger partial charge in [0.15, 0.2) is 0 Å². The molecule has 33 heavy (non-hydrogen) atoms. The van der Waals surface area contributed by atoms with E-state index in [4.69, 9.17) is 15.2 Å². The third-order valence-corrected chi connectivity index (χ3v) is 5.43. The zero-order valence-electron chi connectivity index (χ0n) is 19.1. The lowest BCUT2D eigenvalue weighted by Crippen LogP contribution is -2.56. The molecule has 8 heteroatoms. The highest BCUT2D eigenvalue weighted by Gasteiger charge is 2.43. The Balaban J connectivity index is 2.47. The molecule has 2 atom stereocenters. The number of amides is 2. The highest BCUT2D eigenvalue weighted by Crippen LogP contribution is 2.32. The van der Waals surface area contributed by atoms with Gasteiger partial charge >= 0.3 is 11.9 Å². The summed E-state index contributed by atoms with van der Waals surface area (Å²) < 4.78 is 9.97. The molecule has 0 saturated heterocycles. The summed E-state index contributed by atoms with van der Waals surface area (Å²) in [6.45, 7) is 5.07. The quantitative estimate of drug-likeness (QED) is 0.501. The minimum Gasteiger partial charge on any atom is -0.466 e. The van der Waals surface area contributed by atoms with Crippen molar-refractivity contribution in [2.45, 2.75) is 38.6 Å². The van der Waals surface area contributed by atoms with Crippen molar-refractivity contribution in [2.24, 2.45) is 11.7 Å². The number of nitrogens with two attached hydrogens (primary N) is 1. The first-order chi connectivity index (χ1) is 15.7. The standard InChI is InChI=1S/C25H30N2O6/c1-4-32-20(28)16-19(23(30)33-5-2)21(22(26)29)27-24(31)25(3,17-12-8-6-9-13-17)18-14-10-7-11-15-18/h6-15,19,21H,4-5,16H2,1-3H3,(H2,26,29)(H,27,31)/t19-,21+/m1/s1. The van der Waals surface area contributed by atoms with Crippen LogP contribution in [0.1, 0.15) is 38.3 Å². The normalized spacial score (nSPS) is 12.8. The molecular formula is C25H30N2O6. The molecule has 0 aromatic heterocycles. The summed E-state index contributed by atoms with van der Waals surface area (Å²) >= 11 is 0. The van der Waals surface area contributed by atoms with Gasteiger partial charge in [0.05, 0.1) is 31.0 Å². The lowest BCUT2D eigenvalue weighted by molar-refractivity contribution is -0.157. The van der Waals surface area contributed by atoms with Gasteiger partial charge in [-0.15, -0.1) is 0 Å². The van der Waals surface area contributed by atoms with E-state index in [1.807, 2.05) is 12.1 Å². The highest BCUT2D eigenvalue weighted by molar-refractivity contribution is 5.97. The topological polar surface area (TPSA) is 125 Å². The number of rotatable bonds is 11. The first-order valence-electron chi connectivity index (χ1n) is 10.8. The zero-order valence-corrected chi connectivity index (χ0v) is 19.1. The van der Waals surface area contributed by atoms with Gasteiger partial charge in [0.1, 0.15) is 6.04 Å². The van der Waals surface area contributed by atoms with Crippen molar-refractivity contribution in [3.63, 3.8) is 0 Å². The molecule has 0 aliphatic heterocycles. The first-order valence-corrected chi connectivity index (χ1v) is 10.8. The Morgan fingerprint density at radius 1 is 0.879 bits per heavy atom. The highest BCUT2D eigenvalue weighted by atomic mass is 16.5. The van der Waals surface area contributed by atoms with E-state index < -0.39 is 47.5 Å². The van der Waals surface area contributed by atoms with Crippen molar-refractivity contribution in [1.29, 1.82) is 0 Å². The van der Waals surface area contributed by atoms with Crippen LogP contribution in [0.15, 0.2) is 60.7 Å². The molecule has 2 aromatic rings. The molecule has 0 aliphatic carbocycles. The summed E-state index contributed by atoms with van der Waals surface area (Å²) in [5.41, 5.74) is 5.72. The Kier molecular flexibility index (Phi) is 9.15. The first kappa shape index (κ1) is 25.6. The van der Waals surface area contributed by atoms with E-state index in [1.165, 1.54) is 0 Å². The van der Waals surface area contributed by atoms with Gasteiger partial charge in [-0.1, -0.05) is 60.7 Å². The van der Waals surface area contributed by atoms with E-state index in [9.17, 15) is 19.2 Å². The van der Waals surface area contributed by atoms with Crippen LogP contribution < -0.4 is 11.1 Å². The summed E-state index contributed by atoms with van der Waals surface area (Å²) in [4.78, 5) is 50.8. The van der Waals surface area contributed by atoms with Gasteiger partial charge in [0.2, 0.25) is 11.8 Å². The second kappa shape index (κ2) is 11.8. The maximum Gasteiger partial charge on any atom is 0.312 e. The third kappa shape index (κ3) is 6.19. The predicted octanol–water partition coefficient (Wildman–Crippen LogP) is 2.10. The van der Waals surface area contributed by atoms with Crippen LogP contribution in [-0.2, 0) is 34.1 Å². The van der Waals surface area contributed by atoms with Crippen LogP contribution in [0.2, 0.25) is 0 Å². The second-order valence-corrected chi connectivity index (χ2v) is 7.58. The summed E-state index contributed by atoms with van der Waals surface area (Å²) in [5.74, 6) is -4.38. The fourth-order valence-corrected chi connectivity index (χ4v) is 3.61. The molecule has 2 rings (SSSR count). The lowest BCUT2D eigenvalue weighted by Gasteiger charge is -2.32. The van der Waals surface area contributed by atoms with Gasteiger partial charge in [-0.2, -0.15) is 0 Å². The Hall–Kier alpha value is -3.68. The number of ether oxygens (including phenoxy) is 2. The Labute approximate surface area is 193 Å². The fraction of sp³-hybridized carbons (Fsp3) is 0.360. The molecule has 0 unspecified atom stereocenters. The smallest absolute Gasteiger partial charge is 0.312 e. The van der Waals surface area contributed by atoms with E-state index in [2.05, 4.69) is 5.32 Å². The molecule has 0 heterocycles. The maximum absolute atomic E-state index is 13.7. The molecule has 0 saturated carbocycles. The molecule has 0 aliphatic rings. The third-order valence-electron chi connectivity index (χ3n) is 5.43. The van der Waals surface area contributed by atoms with Crippen molar-refractivity contribution >= 4 is 23.8 Å². The molecule has 0 fully saturated rings. The Morgan fingerprint density at radius 3 is 1.79 bits per heavy atom.